The van der Waals surface area contributed by atoms with E-state index in [4.69, 9.17) is 9.47 Å². The molecule has 1 aliphatic rings. The Kier molecular flexibility index (Phi) is 3.29. The number of rotatable bonds is 2. The fraction of sp³-hybridized carbons (Fsp3) is 0.700. The summed E-state index contributed by atoms with van der Waals surface area (Å²) in [5.74, 6) is -0.893. The second-order valence-corrected chi connectivity index (χ2v) is 3.71. The SMILES string of the molecule is COC(=O)/C(C)=C/[C@H]1COC(C)(C)O1. The first-order chi connectivity index (χ1) is 6.44. The highest BCUT2D eigenvalue weighted by molar-refractivity contribution is 5.87. The number of ether oxygens (including phenoxy) is 3. The first kappa shape index (κ1) is 11.2. The fourth-order valence-corrected chi connectivity index (χ4v) is 1.31. The normalized spacial score (nSPS) is 26.3. The summed E-state index contributed by atoms with van der Waals surface area (Å²) in [5.41, 5.74) is 0.541. The summed E-state index contributed by atoms with van der Waals surface area (Å²) in [5, 5.41) is 0. The van der Waals surface area contributed by atoms with Gasteiger partial charge in [0.25, 0.3) is 0 Å². The third kappa shape index (κ3) is 2.82. The van der Waals surface area contributed by atoms with Crippen molar-refractivity contribution in [3.63, 3.8) is 0 Å². The van der Waals surface area contributed by atoms with Crippen LogP contribution in [0, 0.1) is 0 Å². The van der Waals surface area contributed by atoms with Gasteiger partial charge >= 0.3 is 5.97 Å². The highest BCUT2D eigenvalue weighted by Gasteiger charge is 2.31. The molecule has 0 aromatic heterocycles. The summed E-state index contributed by atoms with van der Waals surface area (Å²) in [4.78, 5) is 11.1. The maximum absolute atomic E-state index is 11.1. The average molecular weight is 200 g/mol. The van der Waals surface area contributed by atoms with Crippen molar-refractivity contribution < 1.29 is 19.0 Å². The van der Waals surface area contributed by atoms with Crippen molar-refractivity contribution in [3.05, 3.63) is 11.6 Å². The molecule has 0 saturated carbocycles. The van der Waals surface area contributed by atoms with E-state index in [0.717, 1.165) is 0 Å². The molecule has 0 radical (unpaired) electrons. The Hall–Kier alpha value is -0.870. The molecule has 0 aliphatic carbocycles. The van der Waals surface area contributed by atoms with Crippen molar-refractivity contribution >= 4 is 5.97 Å². The van der Waals surface area contributed by atoms with Crippen LogP contribution in [0.5, 0.6) is 0 Å². The molecule has 1 rings (SSSR count). The molecule has 0 unspecified atom stereocenters. The maximum atomic E-state index is 11.1. The van der Waals surface area contributed by atoms with Crippen molar-refractivity contribution in [3.8, 4) is 0 Å². The minimum absolute atomic E-state index is 0.163. The van der Waals surface area contributed by atoms with Gasteiger partial charge < -0.3 is 14.2 Å². The van der Waals surface area contributed by atoms with Gasteiger partial charge in [0.05, 0.1) is 13.7 Å². The van der Waals surface area contributed by atoms with Crippen LogP contribution in [0.1, 0.15) is 20.8 Å². The third-order valence-electron chi connectivity index (χ3n) is 1.97. The molecule has 4 heteroatoms. The molecular formula is C10H16O4. The van der Waals surface area contributed by atoms with Gasteiger partial charge in [-0.3, -0.25) is 0 Å². The van der Waals surface area contributed by atoms with Crippen molar-refractivity contribution in [2.75, 3.05) is 13.7 Å². The Balaban J connectivity index is 2.57. The van der Waals surface area contributed by atoms with Gasteiger partial charge in [0.15, 0.2) is 5.79 Å². The zero-order valence-corrected chi connectivity index (χ0v) is 8.99. The lowest BCUT2D eigenvalue weighted by molar-refractivity contribution is -0.137. The van der Waals surface area contributed by atoms with Crippen LogP contribution in [0.25, 0.3) is 0 Å². The second-order valence-electron chi connectivity index (χ2n) is 3.71. The van der Waals surface area contributed by atoms with Crippen LogP contribution in [0.15, 0.2) is 11.6 Å². The smallest absolute Gasteiger partial charge is 0.333 e. The van der Waals surface area contributed by atoms with Crippen molar-refractivity contribution in [1.29, 1.82) is 0 Å². The molecule has 0 aromatic carbocycles. The molecule has 0 N–H and O–H groups in total. The van der Waals surface area contributed by atoms with Crippen LogP contribution in [-0.4, -0.2) is 31.6 Å². The van der Waals surface area contributed by atoms with Crippen molar-refractivity contribution in [1.82, 2.24) is 0 Å². The first-order valence-electron chi connectivity index (χ1n) is 4.53. The number of hydrogen-bond acceptors (Lipinski definition) is 4. The van der Waals surface area contributed by atoms with Gasteiger partial charge in [0.1, 0.15) is 6.10 Å². The van der Waals surface area contributed by atoms with E-state index in [1.54, 1.807) is 13.0 Å². The Labute approximate surface area is 83.8 Å². The molecule has 1 aliphatic heterocycles. The van der Waals surface area contributed by atoms with E-state index in [1.165, 1.54) is 7.11 Å². The summed E-state index contributed by atoms with van der Waals surface area (Å²) in [7, 11) is 1.36. The first-order valence-corrected chi connectivity index (χ1v) is 4.53. The lowest BCUT2D eigenvalue weighted by Crippen LogP contribution is -2.21. The van der Waals surface area contributed by atoms with Gasteiger partial charge in [-0.05, 0) is 26.8 Å². The minimum Gasteiger partial charge on any atom is -0.466 e. The highest BCUT2D eigenvalue weighted by Crippen LogP contribution is 2.23. The van der Waals surface area contributed by atoms with Gasteiger partial charge in [0, 0.05) is 5.57 Å². The maximum Gasteiger partial charge on any atom is 0.333 e. The topological polar surface area (TPSA) is 44.8 Å². The molecule has 1 atom stereocenters. The van der Waals surface area contributed by atoms with Gasteiger partial charge in [-0.15, -0.1) is 0 Å². The summed E-state index contributed by atoms with van der Waals surface area (Å²) < 4.78 is 15.4. The standard InChI is InChI=1S/C10H16O4/c1-7(9(11)12-4)5-8-6-13-10(2,3)14-8/h5,8H,6H2,1-4H3/b7-5+/t8-/m0/s1. The summed E-state index contributed by atoms with van der Waals surface area (Å²) in [6, 6.07) is 0. The number of methoxy groups -OCH3 is 1. The van der Waals surface area contributed by atoms with E-state index < -0.39 is 5.79 Å². The average Bonchev–Trinajstić information content (AvgIpc) is 2.44. The Morgan fingerprint density at radius 2 is 2.21 bits per heavy atom. The number of esters is 1. The van der Waals surface area contributed by atoms with Crippen molar-refractivity contribution in [2.24, 2.45) is 0 Å². The zero-order valence-electron chi connectivity index (χ0n) is 8.99. The van der Waals surface area contributed by atoms with Gasteiger partial charge in [-0.2, -0.15) is 0 Å². The fourth-order valence-electron chi connectivity index (χ4n) is 1.31. The largest absolute Gasteiger partial charge is 0.466 e. The molecule has 1 fully saturated rings. The molecule has 0 spiro atoms. The van der Waals surface area contributed by atoms with E-state index in [1.807, 2.05) is 13.8 Å². The van der Waals surface area contributed by atoms with E-state index >= 15 is 0 Å². The van der Waals surface area contributed by atoms with Crippen LogP contribution in [0.3, 0.4) is 0 Å². The Morgan fingerprint density at radius 3 is 2.64 bits per heavy atom. The van der Waals surface area contributed by atoms with Crippen molar-refractivity contribution in [2.45, 2.75) is 32.7 Å². The predicted octanol–water partition coefficient (Wildman–Crippen LogP) is 1.26. The van der Waals surface area contributed by atoms with Crippen LogP contribution < -0.4 is 0 Å². The molecular weight excluding hydrogens is 184 g/mol. The Morgan fingerprint density at radius 1 is 1.57 bits per heavy atom. The third-order valence-corrected chi connectivity index (χ3v) is 1.97. The molecule has 80 valence electrons. The quantitative estimate of drug-likeness (QED) is 0.497. The molecule has 14 heavy (non-hydrogen) atoms. The molecule has 0 bridgehead atoms. The van der Waals surface area contributed by atoms with Gasteiger partial charge in [-0.25, -0.2) is 4.79 Å². The van der Waals surface area contributed by atoms with Crippen LogP contribution in [-0.2, 0) is 19.0 Å². The summed E-state index contributed by atoms with van der Waals surface area (Å²) in [6.07, 6.45) is 1.56. The molecule has 0 aromatic rings. The van der Waals surface area contributed by atoms with Gasteiger partial charge in [0.2, 0.25) is 0 Å². The van der Waals surface area contributed by atoms with E-state index in [-0.39, 0.29) is 12.1 Å². The van der Waals surface area contributed by atoms with Gasteiger partial charge in [-0.1, -0.05) is 0 Å². The van der Waals surface area contributed by atoms with E-state index in [9.17, 15) is 4.79 Å². The molecule has 4 nitrogen and oxygen atoms in total. The lowest BCUT2D eigenvalue weighted by atomic mass is 10.2. The van der Waals surface area contributed by atoms with Crippen LogP contribution >= 0.6 is 0 Å². The zero-order chi connectivity index (χ0) is 10.8. The number of carbonyl (C=O) groups is 1. The minimum atomic E-state index is -0.558. The Bertz CT molecular complexity index is 255. The van der Waals surface area contributed by atoms with Crippen LogP contribution in [0.2, 0.25) is 0 Å². The predicted molar refractivity (Wildman–Crippen MR) is 50.7 cm³/mol. The number of carbonyl (C=O) groups excluding carboxylic acids is 1. The second kappa shape index (κ2) is 4.11. The highest BCUT2D eigenvalue weighted by atomic mass is 16.7. The van der Waals surface area contributed by atoms with Crippen LogP contribution in [0.4, 0.5) is 0 Å². The van der Waals surface area contributed by atoms with E-state index in [2.05, 4.69) is 4.74 Å². The lowest BCUT2D eigenvalue weighted by Gasteiger charge is -2.15. The molecule has 0 amide bonds. The summed E-state index contributed by atoms with van der Waals surface area (Å²) >= 11 is 0. The summed E-state index contributed by atoms with van der Waals surface area (Å²) in [6.45, 7) is 5.85. The molecule has 1 heterocycles. The van der Waals surface area contributed by atoms with E-state index in [0.29, 0.717) is 12.2 Å². The number of hydrogen-bond donors (Lipinski definition) is 0. The monoisotopic (exact) mass is 200 g/mol. The molecule has 1 saturated heterocycles.